The standard InChI is InChI=1S/C9H15N3/c10-7-9(8-1-2-8)12-5-3-11-4-6-12/h8-9,11H,1-6H2. The second-order valence-electron chi connectivity index (χ2n) is 3.70. The van der Waals surface area contributed by atoms with Crippen molar-refractivity contribution in [2.24, 2.45) is 5.92 Å². The van der Waals surface area contributed by atoms with Gasteiger partial charge in [0.05, 0.1) is 6.07 Å². The van der Waals surface area contributed by atoms with E-state index in [4.69, 9.17) is 5.26 Å². The Kier molecular flexibility index (Phi) is 2.29. The van der Waals surface area contributed by atoms with Gasteiger partial charge in [0.1, 0.15) is 6.04 Å². The summed E-state index contributed by atoms with van der Waals surface area (Å²) in [6.07, 6.45) is 2.53. The molecule has 2 fully saturated rings. The molecule has 0 aromatic rings. The quantitative estimate of drug-likeness (QED) is 0.635. The predicted molar refractivity (Wildman–Crippen MR) is 46.6 cm³/mol. The number of hydrogen-bond acceptors (Lipinski definition) is 3. The highest BCUT2D eigenvalue weighted by molar-refractivity contribution is 5.02. The van der Waals surface area contributed by atoms with Gasteiger partial charge in [-0.3, -0.25) is 4.90 Å². The number of hydrogen-bond donors (Lipinski definition) is 1. The summed E-state index contributed by atoms with van der Waals surface area (Å²) in [6, 6.07) is 2.65. The highest BCUT2D eigenvalue weighted by atomic mass is 15.2. The first-order valence-electron chi connectivity index (χ1n) is 4.76. The van der Waals surface area contributed by atoms with Crippen LogP contribution < -0.4 is 5.32 Å². The Bertz CT molecular complexity index is 186. The highest BCUT2D eigenvalue weighted by Crippen LogP contribution is 2.35. The minimum atomic E-state index is 0.215. The SMILES string of the molecule is N#CC(C1CC1)N1CCNCC1. The van der Waals surface area contributed by atoms with Crippen LogP contribution in [0.1, 0.15) is 12.8 Å². The fraction of sp³-hybridized carbons (Fsp3) is 0.889. The van der Waals surface area contributed by atoms with Crippen LogP contribution in [0, 0.1) is 17.2 Å². The molecular weight excluding hydrogens is 150 g/mol. The van der Waals surface area contributed by atoms with Crippen LogP contribution in [0.15, 0.2) is 0 Å². The van der Waals surface area contributed by atoms with Gasteiger partial charge < -0.3 is 5.32 Å². The minimum Gasteiger partial charge on any atom is -0.314 e. The molecular formula is C9H15N3. The zero-order chi connectivity index (χ0) is 8.39. The van der Waals surface area contributed by atoms with Crippen LogP contribution in [-0.2, 0) is 0 Å². The molecule has 2 rings (SSSR count). The van der Waals surface area contributed by atoms with Crippen molar-refractivity contribution >= 4 is 0 Å². The first kappa shape index (κ1) is 8.03. The van der Waals surface area contributed by atoms with E-state index in [0.717, 1.165) is 26.2 Å². The molecule has 0 aromatic carbocycles. The molecule has 1 unspecified atom stereocenters. The molecule has 12 heavy (non-hydrogen) atoms. The number of nitrogens with one attached hydrogen (secondary N) is 1. The summed E-state index contributed by atoms with van der Waals surface area (Å²) in [5, 5.41) is 12.3. The summed E-state index contributed by atoms with van der Waals surface area (Å²) < 4.78 is 0. The van der Waals surface area contributed by atoms with Crippen LogP contribution in [0.5, 0.6) is 0 Å². The first-order valence-corrected chi connectivity index (χ1v) is 4.76. The molecule has 3 heteroatoms. The average molecular weight is 165 g/mol. The molecule has 2 aliphatic rings. The van der Waals surface area contributed by atoms with Gasteiger partial charge >= 0.3 is 0 Å². The van der Waals surface area contributed by atoms with Crippen molar-refractivity contribution in [3.63, 3.8) is 0 Å². The van der Waals surface area contributed by atoms with E-state index in [1.807, 2.05) is 0 Å². The third-order valence-corrected chi connectivity index (χ3v) is 2.75. The van der Waals surface area contributed by atoms with E-state index in [9.17, 15) is 0 Å². The van der Waals surface area contributed by atoms with E-state index in [-0.39, 0.29) is 6.04 Å². The van der Waals surface area contributed by atoms with Crippen molar-refractivity contribution < 1.29 is 0 Å². The lowest BCUT2D eigenvalue weighted by atomic mass is 10.1. The van der Waals surface area contributed by atoms with E-state index in [1.54, 1.807) is 0 Å². The van der Waals surface area contributed by atoms with Crippen LogP contribution >= 0.6 is 0 Å². The maximum Gasteiger partial charge on any atom is 0.101 e. The molecule has 0 bridgehead atoms. The molecule has 0 spiro atoms. The molecule has 0 amide bonds. The smallest absolute Gasteiger partial charge is 0.101 e. The van der Waals surface area contributed by atoms with E-state index in [0.29, 0.717) is 5.92 Å². The molecule has 3 nitrogen and oxygen atoms in total. The summed E-state index contributed by atoms with van der Waals surface area (Å²) in [5.41, 5.74) is 0. The van der Waals surface area contributed by atoms with Crippen molar-refractivity contribution in [3.8, 4) is 6.07 Å². The Balaban J connectivity index is 1.91. The predicted octanol–water partition coefficient (Wildman–Crippen LogP) is 0.194. The van der Waals surface area contributed by atoms with Gasteiger partial charge in [-0.1, -0.05) is 0 Å². The van der Waals surface area contributed by atoms with Gasteiger partial charge in [0.25, 0.3) is 0 Å². The van der Waals surface area contributed by atoms with Crippen LogP contribution in [0.25, 0.3) is 0 Å². The monoisotopic (exact) mass is 165 g/mol. The Hall–Kier alpha value is -0.590. The number of nitriles is 1. The van der Waals surface area contributed by atoms with Crippen LogP contribution in [0.4, 0.5) is 0 Å². The Labute approximate surface area is 73.3 Å². The molecule has 1 heterocycles. The lowest BCUT2D eigenvalue weighted by Gasteiger charge is -2.30. The van der Waals surface area contributed by atoms with E-state index in [1.165, 1.54) is 12.8 Å². The normalized spacial score (nSPS) is 27.9. The molecule has 1 N–H and O–H groups in total. The Morgan fingerprint density at radius 3 is 2.50 bits per heavy atom. The summed E-state index contributed by atoms with van der Waals surface area (Å²) in [4.78, 5) is 2.33. The zero-order valence-electron chi connectivity index (χ0n) is 7.29. The largest absolute Gasteiger partial charge is 0.314 e. The summed E-state index contributed by atoms with van der Waals surface area (Å²) in [5.74, 6) is 0.688. The van der Waals surface area contributed by atoms with Gasteiger partial charge in [-0.05, 0) is 18.8 Å². The number of rotatable bonds is 2. The van der Waals surface area contributed by atoms with Gasteiger partial charge in [0.15, 0.2) is 0 Å². The molecule has 66 valence electrons. The minimum absolute atomic E-state index is 0.215. The lowest BCUT2D eigenvalue weighted by molar-refractivity contribution is 0.191. The van der Waals surface area contributed by atoms with E-state index < -0.39 is 0 Å². The zero-order valence-corrected chi connectivity index (χ0v) is 7.29. The maximum atomic E-state index is 8.98. The molecule has 1 aliphatic carbocycles. The third-order valence-electron chi connectivity index (χ3n) is 2.75. The number of nitrogens with zero attached hydrogens (tertiary/aromatic N) is 2. The van der Waals surface area contributed by atoms with Crippen LogP contribution in [0.2, 0.25) is 0 Å². The van der Waals surface area contributed by atoms with Crippen molar-refractivity contribution in [3.05, 3.63) is 0 Å². The summed E-state index contributed by atoms with van der Waals surface area (Å²) in [7, 11) is 0. The van der Waals surface area contributed by atoms with Crippen molar-refractivity contribution in [2.75, 3.05) is 26.2 Å². The van der Waals surface area contributed by atoms with E-state index in [2.05, 4.69) is 16.3 Å². The van der Waals surface area contributed by atoms with Gasteiger partial charge in [0, 0.05) is 26.2 Å². The van der Waals surface area contributed by atoms with Crippen molar-refractivity contribution in [1.29, 1.82) is 5.26 Å². The van der Waals surface area contributed by atoms with Crippen LogP contribution in [0.3, 0.4) is 0 Å². The van der Waals surface area contributed by atoms with E-state index >= 15 is 0 Å². The van der Waals surface area contributed by atoms with Gasteiger partial charge in [-0.2, -0.15) is 5.26 Å². The molecule has 1 aliphatic heterocycles. The Morgan fingerprint density at radius 2 is 2.00 bits per heavy atom. The second-order valence-corrected chi connectivity index (χ2v) is 3.70. The van der Waals surface area contributed by atoms with Crippen molar-refractivity contribution in [2.45, 2.75) is 18.9 Å². The highest BCUT2D eigenvalue weighted by Gasteiger charge is 2.35. The molecule has 1 saturated carbocycles. The van der Waals surface area contributed by atoms with Gasteiger partial charge in [-0.15, -0.1) is 0 Å². The van der Waals surface area contributed by atoms with Gasteiger partial charge in [0.2, 0.25) is 0 Å². The molecule has 1 atom stereocenters. The maximum absolute atomic E-state index is 8.98. The average Bonchev–Trinajstić information content (AvgIpc) is 2.92. The third kappa shape index (κ3) is 1.60. The summed E-state index contributed by atoms with van der Waals surface area (Å²) >= 11 is 0. The fourth-order valence-corrected chi connectivity index (χ4v) is 1.86. The van der Waals surface area contributed by atoms with Crippen molar-refractivity contribution in [1.82, 2.24) is 10.2 Å². The fourth-order valence-electron chi connectivity index (χ4n) is 1.86. The van der Waals surface area contributed by atoms with Gasteiger partial charge in [-0.25, -0.2) is 0 Å². The Morgan fingerprint density at radius 1 is 1.33 bits per heavy atom. The number of piperazine rings is 1. The molecule has 1 saturated heterocycles. The topological polar surface area (TPSA) is 39.1 Å². The van der Waals surface area contributed by atoms with Crippen LogP contribution in [-0.4, -0.2) is 37.1 Å². The molecule has 0 aromatic heterocycles. The molecule has 0 radical (unpaired) electrons. The summed E-state index contributed by atoms with van der Waals surface area (Å²) in [6.45, 7) is 4.19. The lowest BCUT2D eigenvalue weighted by Crippen LogP contribution is -2.48. The second kappa shape index (κ2) is 3.42. The first-order chi connectivity index (χ1) is 5.92.